The van der Waals surface area contributed by atoms with Crippen molar-refractivity contribution >= 4 is 17.2 Å². The first-order valence-corrected chi connectivity index (χ1v) is 7.00. The maximum Gasteiger partial charge on any atom is 0.273 e. The van der Waals surface area contributed by atoms with Gasteiger partial charge in [0.25, 0.3) is 5.91 Å². The van der Waals surface area contributed by atoms with Crippen LogP contribution in [0.3, 0.4) is 0 Å². The monoisotopic (exact) mass is 278 g/mol. The quantitative estimate of drug-likeness (QED) is 0.781. The molecule has 1 aliphatic carbocycles. The Hall–Kier alpha value is -1.73. The molecule has 100 valence electrons. The molecule has 1 fully saturated rings. The molecular formula is C12H14N4O2S. The van der Waals surface area contributed by atoms with Gasteiger partial charge >= 0.3 is 0 Å². The fraction of sp³-hybridized carbons (Fsp3) is 0.417. The predicted octanol–water partition coefficient (Wildman–Crippen LogP) is 1.11. The first-order valence-electron chi connectivity index (χ1n) is 6.12. The number of amides is 1. The van der Waals surface area contributed by atoms with E-state index in [-0.39, 0.29) is 29.7 Å². The van der Waals surface area contributed by atoms with E-state index in [2.05, 4.69) is 20.7 Å². The number of H-pyrrole nitrogens is 1. The summed E-state index contributed by atoms with van der Waals surface area (Å²) in [6, 6.07) is 3.90. The number of aromatic nitrogens is 3. The second-order valence-electron chi connectivity index (χ2n) is 4.71. The van der Waals surface area contributed by atoms with Crippen molar-refractivity contribution in [1.29, 1.82) is 0 Å². The van der Waals surface area contributed by atoms with Crippen molar-refractivity contribution in [3.05, 3.63) is 34.3 Å². The fourth-order valence-electron chi connectivity index (χ4n) is 2.32. The van der Waals surface area contributed by atoms with E-state index >= 15 is 0 Å². The first kappa shape index (κ1) is 12.3. The highest BCUT2D eigenvalue weighted by Crippen LogP contribution is 2.39. The number of thiophene rings is 1. The van der Waals surface area contributed by atoms with E-state index in [0.717, 1.165) is 17.7 Å². The van der Waals surface area contributed by atoms with Crippen LogP contribution in [0.4, 0.5) is 0 Å². The number of aliphatic hydroxyl groups excluding tert-OH is 1. The summed E-state index contributed by atoms with van der Waals surface area (Å²) in [6.07, 6.45) is 2.61. The Kier molecular flexibility index (Phi) is 3.31. The highest BCUT2D eigenvalue weighted by Gasteiger charge is 2.36. The van der Waals surface area contributed by atoms with Gasteiger partial charge in [-0.3, -0.25) is 4.79 Å². The van der Waals surface area contributed by atoms with E-state index in [4.69, 9.17) is 0 Å². The van der Waals surface area contributed by atoms with Crippen LogP contribution in [0.5, 0.6) is 0 Å². The molecule has 0 unspecified atom stereocenters. The minimum atomic E-state index is -0.242. The molecule has 2 heterocycles. The summed E-state index contributed by atoms with van der Waals surface area (Å²) in [5.41, 5.74) is 0.279. The number of nitrogens with zero attached hydrogens (tertiary/aromatic N) is 2. The van der Waals surface area contributed by atoms with Gasteiger partial charge in [0, 0.05) is 4.88 Å². The van der Waals surface area contributed by atoms with Crippen LogP contribution >= 0.6 is 11.3 Å². The molecule has 2 aromatic rings. The second kappa shape index (κ2) is 5.10. The number of nitrogens with one attached hydrogen (secondary N) is 2. The average molecular weight is 278 g/mol. The maximum absolute atomic E-state index is 12.0. The fourth-order valence-corrected chi connectivity index (χ4v) is 3.19. The second-order valence-corrected chi connectivity index (χ2v) is 5.69. The molecule has 0 bridgehead atoms. The molecule has 0 radical (unpaired) electrons. The van der Waals surface area contributed by atoms with Crippen molar-refractivity contribution in [1.82, 2.24) is 20.7 Å². The van der Waals surface area contributed by atoms with E-state index in [1.54, 1.807) is 11.3 Å². The Morgan fingerprint density at radius 3 is 3.00 bits per heavy atom. The highest BCUT2D eigenvalue weighted by molar-refractivity contribution is 7.10. The third kappa shape index (κ3) is 2.52. The molecule has 2 aromatic heterocycles. The largest absolute Gasteiger partial charge is 0.393 e. The van der Waals surface area contributed by atoms with E-state index in [1.165, 1.54) is 6.20 Å². The third-order valence-corrected chi connectivity index (χ3v) is 4.36. The molecule has 0 aliphatic heterocycles. The number of hydrogen-bond donors (Lipinski definition) is 3. The molecule has 1 saturated carbocycles. The third-order valence-electron chi connectivity index (χ3n) is 3.41. The Bertz CT molecular complexity index is 534. The van der Waals surface area contributed by atoms with Crippen LogP contribution in [0.2, 0.25) is 0 Å². The normalized spacial score (nSPS) is 23.6. The topological polar surface area (TPSA) is 90.9 Å². The van der Waals surface area contributed by atoms with Crippen molar-refractivity contribution in [2.75, 3.05) is 0 Å². The van der Waals surface area contributed by atoms with Gasteiger partial charge < -0.3 is 10.4 Å². The van der Waals surface area contributed by atoms with Crippen molar-refractivity contribution in [2.45, 2.75) is 25.0 Å². The van der Waals surface area contributed by atoms with Crippen molar-refractivity contribution in [3.8, 4) is 0 Å². The lowest BCUT2D eigenvalue weighted by atomic mass is 9.76. The first-order chi connectivity index (χ1) is 9.24. The van der Waals surface area contributed by atoms with Crippen LogP contribution in [0.1, 0.15) is 34.2 Å². The summed E-state index contributed by atoms with van der Waals surface area (Å²) >= 11 is 1.61. The van der Waals surface area contributed by atoms with Gasteiger partial charge in [-0.05, 0) is 30.2 Å². The summed E-state index contributed by atoms with van der Waals surface area (Å²) < 4.78 is 0. The molecule has 1 atom stereocenters. The Morgan fingerprint density at radius 1 is 1.58 bits per heavy atom. The van der Waals surface area contributed by atoms with Crippen molar-refractivity contribution < 1.29 is 9.90 Å². The van der Waals surface area contributed by atoms with Crippen molar-refractivity contribution in [3.63, 3.8) is 0 Å². The zero-order valence-electron chi connectivity index (χ0n) is 10.1. The lowest BCUT2D eigenvalue weighted by Crippen LogP contribution is -2.41. The van der Waals surface area contributed by atoms with Gasteiger partial charge in [0.2, 0.25) is 0 Å². The van der Waals surface area contributed by atoms with E-state index < -0.39 is 0 Å². The van der Waals surface area contributed by atoms with Crippen LogP contribution < -0.4 is 5.32 Å². The molecule has 7 heteroatoms. The van der Waals surface area contributed by atoms with Crippen LogP contribution in [0, 0.1) is 5.92 Å². The standard InChI is InChI=1S/C12H14N4O2S/c17-8-4-7(5-8)11(10-2-1-3-19-10)14-12(18)9-6-13-16-15-9/h1-3,6-8,11,17H,4-5H2,(H,14,18)(H,13,15,16)/t7?,8?,11-/m1/s1. The van der Waals surface area contributed by atoms with Crippen LogP contribution in [-0.2, 0) is 0 Å². The lowest BCUT2D eigenvalue weighted by Gasteiger charge is -2.37. The van der Waals surface area contributed by atoms with Crippen LogP contribution in [0.25, 0.3) is 0 Å². The minimum absolute atomic E-state index is 0.0624. The van der Waals surface area contributed by atoms with Gasteiger partial charge in [0.15, 0.2) is 5.69 Å². The van der Waals surface area contributed by atoms with Crippen LogP contribution in [0.15, 0.2) is 23.7 Å². The van der Waals surface area contributed by atoms with Gasteiger partial charge in [-0.2, -0.15) is 15.4 Å². The van der Waals surface area contributed by atoms with Crippen molar-refractivity contribution in [2.24, 2.45) is 5.92 Å². The van der Waals surface area contributed by atoms with Gasteiger partial charge in [0.1, 0.15) is 0 Å². The molecule has 3 rings (SSSR count). The summed E-state index contributed by atoms with van der Waals surface area (Å²) in [5, 5.41) is 24.2. The summed E-state index contributed by atoms with van der Waals surface area (Å²) in [6.45, 7) is 0. The molecule has 19 heavy (non-hydrogen) atoms. The number of aromatic amines is 1. The Labute approximate surface area is 113 Å². The molecule has 0 aromatic carbocycles. The molecule has 0 spiro atoms. The number of rotatable bonds is 4. The SMILES string of the molecule is O=C(N[C@@H](c1cccs1)C1CC(O)C1)c1cn[nH]n1. The number of carbonyl (C=O) groups excluding carboxylic acids is 1. The predicted molar refractivity (Wildman–Crippen MR) is 69.6 cm³/mol. The minimum Gasteiger partial charge on any atom is -0.393 e. The molecule has 1 aliphatic rings. The molecule has 3 N–H and O–H groups in total. The van der Waals surface area contributed by atoms with Gasteiger partial charge in [0.05, 0.1) is 18.3 Å². The molecule has 0 saturated heterocycles. The van der Waals surface area contributed by atoms with Gasteiger partial charge in [-0.1, -0.05) is 6.07 Å². The molecule has 1 amide bonds. The summed E-state index contributed by atoms with van der Waals surface area (Å²) in [7, 11) is 0. The van der Waals surface area contributed by atoms with Crippen LogP contribution in [-0.4, -0.2) is 32.5 Å². The number of aliphatic hydroxyl groups is 1. The average Bonchev–Trinajstić information content (AvgIpc) is 3.03. The zero-order chi connectivity index (χ0) is 13.2. The number of carbonyl (C=O) groups is 1. The number of hydrogen-bond acceptors (Lipinski definition) is 5. The summed E-state index contributed by atoms with van der Waals surface area (Å²) in [4.78, 5) is 13.2. The van der Waals surface area contributed by atoms with Gasteiger partial charge in [-0.15, -0.1) is 11.3 Å². The smallest absolute Gasteiger partial charge is 0.273 e. The Morgan fingerprint density at radius 2 is 2.42 bits per heavy atom. The highest BCUT2D eigenvalue weighted by atomic mass is 32.1. The van der Waals surface area contributed by atoms with E-state index in [9.17, 15) is 9.90 Å². The summed E-state index contributed by atoms with van der Waals surface area (Å²) in [5.74, 6) is 0.0399. The van der Waals surface area contributed by atoms with Gasteiger partial charge in [-0.25, -0.2) is 0 Å². The molecule has 6 nitrogen and oxygen atoms in total. The van der Waals surface area contributed by atoms with E-state index in [0.29, 0.717) is 0 Å². The lowest BCUT2D eigenvalue weighted by molar-refractivity contribution is 0.0240. The van der Waals surface area contributed by atoms with E-state index in [1.807, 2.05) is 17.5 Å². The Balaban J connectivity index is 1.74. The zero-order valence-corrected chi connectivity index (χ0v) is 10.9. The molecular weight excluding hydrogens is 264 g/mol. The maximum atomic E-state index is 12.0.